The number of fused-ring (bicyclic) bond motifs is 1. The molecule has 1 fully saturated rings. The van der Waals surface area contributed by atoms with Crippen LogP contribution in [0.1, 0.15) is 44.6 Å². The van der Waals surface area contributed by atoms with E-state index in [9.17, 15) is 4.79 Å². The molecule has 102 valence electrons. The number of hydrogen-bond donors (Lipinski definition) is 1. The number of carbonyl (C=O) groups is 1. The first-order valence-corrected chi connectivity index (χ1v) is 7.61. The zero-order valence-corrected chi connectivity index (χ0v) is 11.7. The van der Waals surface area contributed by atoms with Crippen LogP contribution in [0.3, 0.4) is 0 Å². The van der Waals surface area contributed by atoms with Crippen molar-refractivity contribution in [2.75, 3.05) is 5.32 Å². The minimum absolute atomic E-state index is 0.188. The normalized spacial score (nSPS) is 30.6. The lowest BCUT2D eigenvalue weighted by Crippen LogP contribution is -2.32. The molecule has 2 nitrogen and oxygen atoms in total. The van der Waals surface area contributed by atoms with Crippen LogP contribution in [0, 0.1) is 17.8 Å². The molecule has 1 aromatic rings. The number of hydrogen-bond acceptors (Lipinski definition) is 1. The predicted octanol–water partition coefficient (Wildman–Crippen LogP) is 4.01. The Morgan fingerprint density at radius 3 is 2.68 bits per heavy atom. The smallest absolute Gasteiger partial charge is 0.227 e. The van der Waals surface area contributed by atoms with E-state index in [0.717, 1.165) is 30.4 Å². The Balaban J connectivity index is 1.65. The summed E-state index contributed by atoms with van der Waals surface area (Å²) in [4.78, 5) is 12.2. The Morgan fingerprint density at radius 2 is 1.89 bits per heavy atom. The van der Waals surface area contributed by atoms with Gasteiger partial charge in [0.15, 0.2) is 0 Å². The Bertz CT molecular complexity index is 460. The molecule has 1 amide bonds. The third kappa shape index (κ3) is 2.83. The van der Waals surface area contributed by atoms with Crippen molar-refractivity contribution in [2.24, 2.45) is 17.8 Å². The fraction of sp³-hybridized carbons (Fsp3) is 0.588. The van der Waals surface area contributed by atoms with E-state index in [1.54, 1.807) is 0 Å². The highest BCUT2D eigenvalue weighted by Crippen LogP contribution is 2.35. The van der Waals surface area contributed by atoms with Crippen LogP contribution in [0.4, 0.5) is 5.69 Å². The van der Waals surface area contributed by atoms with Gasteiger partial charge in [0.2, 0.25) is 5.91 Å². The number of amides is 1. The minimum Gasteiger partial charge on any atom is -0.326 e. The van der Waals surface area contributed by atoms with Crippen molar-refractivity contribution in [3.05, 3.63) is 29.8 Å². The first-order chi connectivity index (χ1) is 9.22. The predicted molar refractivity (Wildman–Crippen MR) is 78.0 cm³/mol. The molecule has 1 atom stereocenters. The molecule has 1 aliphatic heterocycles. The van der Waals surface area contributed by atoms with Gasteiger partial charge in [-0.15, -0.1) is 0 Å². The topological polar surface area (TPSA) is 29.1 Å². The Morgan fingerprint density at radius 1 is 1.16 bits per heavy atom. The van der Waals surface area contributed by atoms with Gasteiger partial charge in [-0.05, 0) is 36.3 Å². The van der Waals surface area contributed by atoms with Crippen molar-refractivity contribution in [2.45, 2.75) is 45.4 Å². The summed E-state index contributed by atoms with van der Waals surface area (Å²) in [5.74, 6) is 2.07. The Kier molecular flexibility index (Phi) is 3.58. The second-order valence-electron chi connectivity index (χ2n) is 6.41. The monoisotopic (exact) mass is 257 g/mol. The summed E-state index contributed by atoms with van der Waals surface area (Å²) >= 11 is 0. The first-order valence-electron chi connectivity index (χ1n) is 7.61. The van der Waals surface area contributed by atoms with E-state index in [0.29, 0.717) is 0 Å². The third-order valence-corrected chi connectivity index (χ3v) is 4.87. The molecule has 1 aliphatic carbocycles. The van der Waals surface area contributed by atoms with Gasteiger partial charge in [0.1, 0.15) is 0 Å². The maximum Gasteiger partial charge on any atom is 0.227 e. The van der Waals surface area contributed by atoms with Crippen molar-refractivity contribution >= 4 is 11.6 Å². The van der Waals surface area contributed by atoms with E-state index in [1.165, 1.54) is 31.2 Å². The van der Waals surface area contributed by atoms with Crippen LogP contribution in [0.2, 0.25) is 0 Å². The van der Waals surface area contributed by atoms with Crippen molar-refractivity contribution in [1.82, 2.24) is 0 Å². The highest BCUT2D eigenvalue weighted by molar-refractivity contribution is 5.95. The van der Waals surface area contributed by atoms with E-state index >= 15 is 0 Å². The van der Waals surface area contributed by atoms with Gasteiger partial charge < -0.3 is 5.32 Å². The van der Waals surface area contributed by atoms with Gasteiger partial charge in [0.25, 0.3) is 0 Å². The molecule has 2 aliphatic rings. The second kappa shape index (κ2) is 5.36. The molecule has 0 radical (unpaired) electrons. The molecule has 1 heterocycles. The zero-order valence-electron chi connectivity index (χ0n) is 11.7. The minimum atomic E-state index is 0.188. The Hall–Kier alpha value is -1.31. The number of anilines is 1. The fourth-order valence-electron chi connectivity index (χ4n) is 3.57. The zero-order chi connectivity index (χ0) is 13.2. The third-order valence-electron chi connectivity index (χ3n) is 4.87. The van der Waals surface area contributed by atoms with Gasteiger partial charge in [-0.1, -0.05) is 50.8 Å². The molecule has 2 heteroatoms. The lowest BCUT2D eigenvalue weighted by molar-refractivity contribution is -0.120. The maximum absolute atomic E-state index is 12.2. The molecule has 1 unspecified atom stereocenters. The van der Waals surface area contributed by atoms with Crippen LogP contribution in [0.25, 0.3) is 0 Å². The van der Waals surface area contributed by atoms with Gasteiger partial charge in [-0.25, -0.2) is 0 Å². The van der Waals surface area contributed by atoms with Crippen LogP contribution in [0.5, 0.6) is 0 Å². The van der Waals surface area contributed by atoms with Crippen LogP contribution in [0.15, 0.2) is 24.3 Å². The first kappa shape index (κ1) is 12.7. The average molecular weight is 257 g/mol. The van der Waals surface area contributed by atoms with Gasteiger partial charge in [0, 0.05) is 11.6 Å². The lowest BCUT2D eigenvalue weighted by atomic mass is 9.76. The molecule has 0 bridgehead atoms. The van der Waals surface area contributed by atoms with Gasteiger partial charge in [-0.3, -0.25) is 4.79 Å². The number of benzene rings is 1. The molecule has 19 heavy (non-hydrogen) atoms. The summed E-state index contributed by atoms with van der Waals surface area (Å²) in [6.07, 6.45) is 7.31. The molecular weight excluding hydrogens is 234 g/mol. The van der Waals surface area contributed by atoms with Crippen LogP contribution in [-0.2, 0) is 11.2 Å². The number of para-hydroxylation sites is 1. The SMILES string of the molecule is CC1CCC(CC2Cc3ccccc3NC2=O)CC1. The summed E-state index contributed by atoms with van der Waals surface area (Å²) in [6.45, 7) is 2.35. The average Bonchev–Trinajstić information content (AvgIpc) is 2.42. The van der Waals surface area contributed by atoms with Crippen molar-refractivity contribution in [1.29, 1.82) is 0 Å². The standard InChI is InChI=1S/C17H23NO/c1-12-6-8-13(9-7-12)10-15-11-14-4-2-3-5-16(14)18-17(15)19/h2-5,12-13,15H,6-11H2,1H3,(H,18,19). The largest absolute Gasteiger partial charge is 0.326 e. The van der Waals surface area contributed by atoms with E-state index < -0.39 is 0 Å². The van der Waals surface area contributed by atoms with Crippen LogP contribution in [-0.4, -0.2) is 5.91 Å². The highest BCUT2D eigenvalue weighted by atomic mass is 16.1. The second-order valence-corrected chi connectivity index (χ2v) is 6.41. The molecule has 1 N–H and O–H groups in total. The molecule has 0 aromatic heterocycles. The Labute approximate surface area is 115 Å². The quantitative estimate of drug-likeness (QED) is 0.852. The van der Waals surface area contributed by atoms with Gasteiger partial charge in [-0.2, -0.15) is 0 Å². The number of nitrogens with one attached hydrogen (secondary N) is 1. The molecule has 3 rings (SSSR count). The summed E-state index contributed by atoms with van der Waals surface area (Å²) < 4.78 is 0. The molecule has 0 saturated heterocycles. The number of rotatable bonds is 2. The molecule has 0 spiro atoms. The van der Waals surface area contributed by atoms with Crippen LogP contribution < -0.4 is 5.32 Å². The van der Waals surface area contributed by atoms with E-state index in [1.807, 2.05) is 12.1 Å². The fourth-order valence-corrected chi connectivity index (χ4v) is 3.57. The van der Waals surface area contributed by atoms with Gasteiger partial charge in [0.05, 0.1) is 0 Å². The van der Waals surface area contributed by atoms with E-state index in [4.69, 9.17) is 0 Å². The molecular formula is C17H23NO. The summed E-state index contributed by atoms with van der Waals surface area (Å²) in [5.41, 5.74) is 2.32. The molecule has 1 aromatic carbocycles. The van der Waals surface area contributed by atoms with Crippen molar-refractivity contribution in [3.8, 4) is 0 Å². The van der Waals surface area contributed by atoms with Crippen molar-refractivity contribution in [3.63, 3.8) is 0 Å². The number of carbonyl (C=O) groups excluding carboxylic acids is 1. The lowest BCUT2D eigenvalue weighted by Gasteiger charge is -2.31. The summed E-state index contributed by atoms with van der Waals surface area (Å²) in [6, 6.07) is 8.20. The van der Waals surface area contributed by atoms with E-state index in [-0.39, 0.29) is 11.8 Å². The van der Waals surface area contributed by atoms with Crippen LogP contribution >= 0.6 is 0 Å². The summed E-state index contributed by atoms with van der Waals surface area (Å²) in [7, 11) is 0. The highest BCUT2D eigenvalue weighted by Gasteiger charge is 2.29. The maximum atomic E-state index is 12.2. The van der Waals surface area contributed by atoms with Crippen molar-refractivity contribution < 1.29 is 4.79 Å². The van der Waals surface area contributed by atoms with Gasteiger partial charge >= 0.3 is 0 Å². The molecule has 1 saturated carbocycles. The van der Waals surface area contributed by atoms with E-state index in [2.05, 4.69) is 24.4 Å². The summed E-state index contributed by atoms with van der Waals surface area (Å²) in [5, 5.41) is 3.07.